The number of hydrogen-bond acceptors (Lipinski definition) is 2. The van der Waals surface area contributed by atoms with Crippen LogP contribution in [0.15, 0.2) is 0 Å². The summed E-state index contributed by atoms with van der Waals surface area (Å²) in [6.45, 7) is 1.10. The topological polar surface area (TPSA) is 46.2 Å². The first-order chi connectivity index (χ1) is 3.85. The average Bonchev–Trinajstić information content (AvgIpc) is 1.62. The first-order valence-corrected chi connectivity index (χ1v) is 2.36. The van der Waals surface area contributed by atoms with Gasteiger partial charge in [-0.25, -0.2) is 0 Å². The van der Waals surface area contributed by atoms with Crippen LogP contribution in [0.2, 0.25) is 0 Å². The fraction of sp³-hybridized carbons (Fsp3) is 1.00. The molecule has 0 aromatic carbocycles. The highest BCUT2D eigenvalue weighted by Crippen LogP contribution is 2.21. The zero-order valence-corrected chi connectivity index (χ0v) is 6.04. The van der Waals surface area contributed by atoms with E-state index in [1.54, 1.807) is 0 Å². The molecular formula is C4H9ClF3NO. The molecule has 2 nitrogen and oxygen atoms in total. The maximum atomic E-state index is 11.4. The summed E-state index contributed by atoms with van der Waals surface area (Å²) >= 11 is 0. The van der Waals surface area contributed by atoms with E-state index >= 15 is 0 Å². The van der Waals surface area contributed by atoms with Crippen molar-refractivity contribution in [1.29, 1.82) is 0 Å². The second kappa shape index (κ2) is 4.00. The summed E-state index contributed by atoms with van der Waals surface area (Å²) in [5.41, 5.74) is 4.75. The lowest BCUT2D eigenvalue weighted by atomic mass is 10.2. The van der Waals surface area contributed by atoms with Gasteiger partial charge in [0, 0.05) is 6.04 Å². The van der Waals surface area contributed by atoms with Crippen LogP contribution < -0.4 is 5.73 Å². The predicted molar refractivity (Wildman–Crippen MR) is 33.0 cm³/mol. The molecule has 2 atom stereocenters. The van der Waals surface area contributed by atoms with Gasteiger partial charge in [-0.15, -0.1) is 12.4 Å². The maximum absolute atomic E-state index is 11.4. The molecule has 10 heavy (non-hydrogen) atoms. The van der Waals surface area contributed by atoms with Crippen LogP contribution in [0.5, 0.6) is 0 Å². The lowest BCUT2D eigenvalue weighted by molar-refractivity contribution is -0.208. The Morgan fingerprint density at radius 3 is 1.70 bits per heavy atom. The standard InChI is InChI=1S/C4H8F3NO.ClH/c1-2(8)3(9)4(5,6)7;/h2-3,9H,8H2,1H3;1H/t2-,3-;/m1./s1. The normalized spacial score (nSPS) is 17.4. The molecule has 0 aliphatic heterocycles. The third kappa shape index (κ3) is 3.92. The highest BCUT2D eigenvalue weighted by atomic mass is 35.5. The summed E-state index contributed by atoms with van der Waals surface area (Å²) in [5, 5.41) is 8.21. The molecule has 0 bridgehead atoms. The third-order valence-electron chi connectivity index (χ3n) is 0.833. The fourth-order valence-corrected chi connectivity index (χ4v) is 0.298. The molecule has 0 spiro atoms. The molecule has 0 rings (SSSR count). The number of rotatable bonds is 1. The van der Waals surface area contributed by atoms with E-state index in [4.69, 9.17) is 10.8 Å². The Kier molecular flexibility index (Phi) is 5.06. The number of hydrogen-bond donors (Lipinski definition) is 2. The van der Waals surface area contributed by atoms with Gasteiger partial charge >= 0.3 is 6.18 Å². The van der Waals surface area contributed by atoms with E-state index in [1.807, 2.05) is 0 Å². The lowest BCUT2D eigenvalue weighted by Crippen LogP contribution is -2.42. The summed E-state index contributed by atoms with van der Waals surface area (Å²) in [6, 6.07) is -1.26. The Hall–Kier alpha value is -0.0000000000000000555. The van der Waals surface area contributed by atoms with Gasteiger partial charge in [0.1, 0.15) is 0 Å². The Morgan fingerprint density at radius 1 is 1.40 bits per heavy atom. The summed E-state index contributed by atoms with van der Waals surface area (Å²) in [5.74, 6) is 0. The number of nitrogens with two attached hydrogens (primary N) is 1. The molecule has 0 aromatic heterocycles. The second-order valence-corrected chi connectivity index (χ2v) is 1.85. The number of halogens is 4. The van der Waals surface area contributed by atoms with E-state index in [-0.39, 0.29) is 12.4 Å². The average molecular weight is 180 g/mol. The molecule has 0 aliphatic rings. The Labute approximate surface area is 62.6 Å². The molecule has 0 radical (unpaired) electrons. The van der Waals surface area contributed by atoms with Gasteiger partial charge < -0.3 is 10.8 Å². The minimum absolute atomic E-state index is 0. The van der Waals surface area contributed by atoms with Crippen LogP contribution in [0.25, 0.3) is 0 Å². The van der Waals surface area contributed by atoms with Gasteiger partial charge in [0.05, 0.1) is 0 Å². The lowest BCUT2D eigenvalue weighted by Gasteiger charge is -2.16. The van der Waals surface area contributed by atoms with Crippen molar-refractivity contribution in [2.45, 2.75) is 25.2 Å². The maximum Gasteiger partial charge on any atom is 0.415 e. The van der Waals surface area contributed by atoms with Crippen LogP contribution in [0.1, 0.15) is 6.92 Å². The Bertz CT molecular complexity index is 95.0. The summed E-state index contributed by atoms with van der Waals surface area (Å²) < 4.78 is 34.1. The summed E-state index contributed by atoms with van der Waals surface area (Å²) in [4.78, 5) is 0. The van der Waals surface area contributed by atoms with Crippen molar-refractivity contribution in [2.24, 2.45) is 5.73 Å². The molecule has 0 fully saturated rings. The van der Waals surface area contributed by atoms with E-state index in [0.717, 1.165) is 6.92 Å². The van der Waals surface area contributed by atoms with Crippen molar-refractivity contribution in [3.8, 4) is 0 Å². The van der Waals surface area contributed by atoms with E-state index < -0.39 is 18.3 Å². The van der Waals surface area contributed by atoms with Crippen LogP contribution in [-0.2, 0) is 0 Å². The molecule has 0 heterocycles. The van der Waals surface area contributed by atoms with Gasteiger partial charge in [-0.1, -0.05) is 0 Å². The number of alkyl halides is 3. The van der Waals surface area contributed by atoms with Crippen molar-refractivity contribution in [3.05, 3.63) is 0 Å². The first kappa shape index (κ1) is 12.7. The Balaban J connectivity index is 0. The molecule has 0 aromatic rings. The molecule has 0 aliphatic carbocycles. The first-order valence-electron chi connectivity index (χ1n) is 2.36. The summed E-state index contributed by atoms with van der Waals surface area (Å²) in [6.07, 6.45) is -6.99. The van der Waals surface area contributed by atoms with Crippen LogP contribution in [-0.4, -0.2) is 23.4 Å². The van der Waals surface area contributed by atoms with Crippen molar-refractivity contribution in [3.63, 3.8) is 0 Å². The zero-order chi connectivity index (χ0) is 7.65. The van der Waals surface area contributed by atoms with Crippen LogP contribution in [0.4, 0.5) is 13.2 Å². The van der Waals surface area contributed by atoms with Gasteiger partial charge in [0.15, 0.2) is 6.10 Å². The minimum atomic E-state index is -4.59. The van der Waals surface area contributed by atoms with E-state index in [9.17, 15) is 13.2 Å². The molecule has 0 unspecified atom stereocenters. The van der Waals surface area contributed by atoms with Gasteiger partial charge in [0.2, 0.25) is 0 Å². The quantitative estimate of drug-likeness (QED) is 0.622. The van der Waals surface area contributed by atoms with Gasteiger partial charge in [-0.2, -0.15) is 13.2 Å². The smallest absolute Gasteiger partial charge is 0.382 e. The van der Waals surface area contributed by atoms with Crippen LogP contribution >= 0.6 is 12.4 Å². The molecule has 64 valence electrons. The fourth-order valence-electron chi connectivity index (χ4n) is 0.298. The monoisotopic (exact) mass is 179 g/mol. The zero-order valence-electron chi connectivity index (χ0n) is 5.22. The highest BCUT2D eigenvalue weighted by Gasteiger charge is 2.40. The van der Waals surface area contributed by atoms with Crippen molar-refractivity contribution < 1.29 is 18.3 Å². The molecule has 6 heteroatoms. The largest absolute Gasteiger partial charge is 0.415 e. The van der Waals surface area contributed by atoms with Gasteiger partial charge in [0.25, 0.3) is 0 Å². The number of aliphatic hydroxyl groups excluding tert-OH is 1. The van der Waals surface area contributed by atoms with E-state index in [0.29, 0.717) is 0 Å². The molecule has 0 amide bonds. The highest BCUT2D eigenvalue weighted by molar-refractivity contribution is 5.85. The van der Waals surface area contributed by atoms with Gasteiger partial charge in [-0.3, -0.25) is 0 Å². The Morgan fingerprint density at radius 2 is 1.70 bits per heavy atom. The number of aliphatic hydroxyl groups is 1. The van der Waals surface area contributed by atoms with Crippen LogP contribution in [0, 0.1) is 0 Å². The van der Waals surface area contributed by atoms with E-state index in [1.165, 1.54) is 0 Å². The van der Waals surface area contributed by atoms with Crippen molar-refractivity contribution in [1.82, 2.24) is 0 Å². The molecular weight excluding hydrogens is 170 g/mol. The van der Waals surface area contributed by atoms with Crippen LogP contribution in [0.3, 0.4) is 0 Å². The molecule has 0 saturated heterocycles. The SMILES string of the molecule is C[C@@H](N)[C@@H](O)C(F)(F)F.Cl. The second-order valence-electron chi connectivity index (χ2n) is 1.85. The molecule has 3 N–H and O–H groups in total. The third-order valence-corrected chi connectivity index (χ3v) is 0.833. The summed E-state index contributed by atoms with van der Waals surface area (Å²) in [7, 11) is 0. The van der Waals surface area contributed by atoms with Gasteiger partial charge in [-0.05, 0) is 6.92 Å². The van der Waals surface area contributed by atoms with Crippen molar-refractivity contribution in [2.75, 3.05) is 0 Å². The molecule has 0 saturated carbocycles. The van der Waals surface area contributed by atoms with Crippen molar-refractivity contribution >= 4 is 12.4 Å². The minimum Gasteiger partial charge on any atom is -0.382 e. The van der Waals surface area contributed by atoms with E-state index in [2.05, 4.69) is 0 Å². The predicted octanol–water partition coefficient (Wildman–Crippen LogP) is 0.679.